The molecule has 3 aliphatic rings. The van der Waals surface area contributed by atoms with E-state index in [1.54, 1.807) is 6.92 Å². The second-order valence-electron chi connectivity index (χ2n) is 9.77. The zero-order valence-corrected chi connectivity index (χ0v) is 25.5. The number of thioether (sulfide) groups is 1. The average Bonchev–Trinajstić information content (AvgIpc) is 3.12. The number of carboxylic acids is 1. The van der Waals surface area contributed by atoms with Crippen molar-refractivity contribution in [1.82, 2.24) is 30.5 Å². The normalized spacial score (nSPS) is 25.3. The van der Waals surface area contributed by atoms with Gasteiger partial charge in [0, 0.05) is 13.1 Å². The van der Waals surface area contributed by atoms with Crippen molar-refractivity contribution in [2.24, 2.45) is 0 Å². The van der Waals surface area contributed by atoms with E-state index in [4.69, 9.17) is 0 Å². The first-order valence-electron chi connectivity index (χ1n) is 12.2. The van der Waals surface area contributed by atoms with Gasteiger partial charge in [0.2, 0.25) is 12.8 Å². The van der Waals surface area contributed by atoms with Crippen LogP contribution in [0.2, 0.25) is 0 Å². The number of phenolic OH excluding ortho intramolecular Hbond substituents is 1. The number of amides is 6. The summed E-state index contributed by atoms with van der Waals surface area (Å²) in [7, 11) is 0. The number of fused-ring (bicyclic) bond motifs is 1. The number of nitrogens with one attached hydrogen (secondary N) is 2. The molecule has 0 radical (unpaired) electrons. The second-order valence-corrected chi connectivity index (χ2v) is 11.5. The van der Waals surface area contributed by atoms with Crippen molar-refractivity contribution < 1.29 is 73.3 Å². The first kappa shape index (κ1) is 32.2. The molecule has 214 valence electrons. The molecule has 41 heavy (non-hydrogen) atoms. The Morgan fingerprint density at radius 1 is 1.17 bits per heavy atom. The molecule has 3 N–H and O–H groups in total. The van der Waals surface area contributed by atoms with Gasteiger partial charge in [0.1, 0.15) is 17.2 Å². The molecule has 1 unspecified atom stereocenters. The Bertz CT molecular complexity index is 1280. The topological polar surface area (TPSA) is 200 Å². The van der Waals surface area contributed by atoms with Gasteiger partial charge in [0.15, 0.2) is 11.7 Å². The number of likely N-dealkylation sites (N-methyl/N-ethyl adjacent to an activating group) is 1. The zero-order chi connectivity index (χ0) is 29.6. The van der Waals surface area contributed by atoms with Crippen LogP contribution in [-0.4, -0.2) is 109 Å². The van der Waals surface area contributed by atoms with Crippen LogP contribution in [-0.2, 0) is 33.6 Å². The molecule has 17 heteroatoms. The Balaban J connectivity index is 0.00000462. The van der Waals surface area contributed by atoms with Gasteiger partial charge in [-0.15, -0.1) is 11.8 Å². The summed E-state index contributed by atoms with van der Waals surface area (Å²) in [5.41, 5.74) is -2.37. The fraction of sp³-hybridized carbons (Fsp3) is 0.458. The van der Waals surface area contributed by atoms with Gasteiger partial charge in [-0.3, -0.25) is 33.7 Å². The van der Waals surface area contributed by atoms with Crippen LogP contribution in [0.4, 0.5) is 0 Å². The molecule has 3 heterocycles. The van der Waals surface area contributed by atoms with Crippen molar-refractivity contribution in [2.45, 2.75) is 48.6 Å². The van der Waals surface area contributed by atoms with Crippen molar-refractivity contribution in [3.8, 4) is 5.75 Å². The summed E-state index contributed by atoms with van der Waals surface area (Å²) < 4.78 is -1.40. The molecule has 3 saturated heterocycles. The molecule has 6 amide bonds. The number of phenols is 1. The van der Waals surface area contributed by atoms with Crippen LogP contribution in [0, 0.1) is 0 Å². The SMILES string of the molecule is CCN1CCN(N(C=O)C(C(=O)N[C@@]2(C(=O)[O-])N3C(=O)[C@H](NC=O)[C@H]3SC2(C)C)c2ccc(O)cc2)C(=O)C1=O.[Na+]. The average molecular weight is 599 g/mol. The third-order valence-electron chi connectivity index (χ3n) is 7.31. The van der Waals surface area contributed by atoms with Gasteiger partial charge in [-0.05, 0) is 38.5 Å². The molecule has 4 rings (SSSR count). The predicted molar refractivity (Wildman–Crippen MR) is 134 cm³/mol. The van der Waals surface area contributed by atoms with E-state index in [0.29, 0.717) is 11.4 Å². The van der Waals surface area contributed by atoms with Crippen molar-refractivity contribution in [3.63, 3.8) is 0 Å². The maximum Gasteiger partial charge on any atom is 1.00 e. The van der Waals surface area contributed by atoms with E-state index in [1.807, 2.05) is 0 Å². The summed E-state index contributed by atoms with van der Waals surface area (Å²) in [6.45, 7) is 4.78. The number of hydrogen-bond donors (Lipinski definition) is 3. The Kier molecular flexibility index (Phi) is 9.32. The Morgan fingerprint density at radius 2 is 1.80 bits per heavy atom. The fourth-order valence-corrected chi connectivity index (χ4v) is 6.93. The van der Waals surface area contributed by atoms with Crippen LogP contribution < -0.4 is 45.3 Å². The molecule has 0 saturated carbocycles. The number of hydrazine groups is 1. The van der Waals surface area contributed by atoms with Crippen molar-refractivity contribution in [3.05, 3.63) is 29.8 Å². The number of benzene rings is 1. The first-order chi connectivity index (χ1) is 18.9. The van der Waals surface area contributed by atoms with Crippen LogP contribution in [0.1, 0.15) is 32.4 Å². The van der Waals surface area contributed by atoms with Gasteiger partial charge in [0.05, 0.1) is 17.3 Å². The number of carboxylic acid groups (broad SMARTS) is 1. The molecular weight excluding hydrogens is 571 g/mol. The minimum atomic E-state index is -2.43. The molecule has 0 bridgehead atoms. The molecule has 0 aromatic heterocycles. The zero-order valence-electron chi connectivity index (χ0n) is 22.7. The predicted octanol–water partition coefficient (Wildman–Crippen LogP) is -6.13. The van der Waals surface area contributed by atoms with Crippen LogP contribution in [0.25, 0.3) is 0 Å². The van der Waals surface area contributed by atoms with E-state index >= 15 is 0 Å². The smallest absolute Gasteiger partial charge is 0.545 e. The largest absolute Gasteiger partial charge is 1.00 e. The number of β-lactam (4-membered cyclic amide) rings is 1. The van der Waals surface area contributed by atoms with E-state index in [2.05, 4.69) is 10.6 Å². The Labute approximate surface area is 260 Å². The van der Waals surface area contributed by atoms with Gasteiger partial charge in [0.25, 0.3) is 11.8 Å². The van der Waals surface area contributed by atoms with Gasteiger partial charge in [-0.1, -0.05) is 12.1 Å². The summed E-state index contributed by atoms with van der Waals surface area (Å²) in [6, 6.07) is 2.26. The molecule has 0 spiro atoms. The molecule has 3 fully saturated rings. The monoisotopic (exact) mass is 598 g/mol. The number of hydrogen-bond acceptors (Lipinski definition) is 10. The van der Waals surface area contributed by atoms with E-state index in [0.717, 1.165) is 21.7 Å². The quantitative estimate of drug-likeness (QED) is 0.101. The van der Waals surface area contributed by atoms with E-state index in [-0.39, 0.29) is 66.9 Å². The summed E-state index contributed by atoms with van der Waals surface area (Å²) in [5, 5.41) is 27.9. The number of nitrogens with zero attached hydrogens (tertiary/aromatic N) is 4. The Hall–Kier alpha value is -3.34. The number of piperazine rings is 1. The minimum absolute atomic E-state index is 0. The summed E-state index contributed by atoms with van der Waals surface area (Å²) in [5.74, 6) is -5.86. The van der Waals surface area contributed by atoms with Crippen LogP contribution in [0.3, 0.4) is 0 Å². The van der Waals surface area contributed by atoms with Crippen LogP contribution in [0.15, 0.2) is 24.3 Å². The first-order valence-corrected chi connectivity index (χ1v) is 13.1. The molecule has 4 atom stereocenters. The van der Waals surface area contributed by atoms with Gasteiger partial charge in [-0.2, -0.15) is 0 Å². The van der Waals surface area contributed by atoms with Gasteiger partial charge < -0.3 is 30.5 Å². The van der Waals surface area contributed by atoms with E-state index in [1.165, 1.54) is 43.0 Å². The molecule has 1 aromatic carbocycles. The molecule has 1 aromatic rings. The third-order valence-corrected chi connectivity index (χ3v) is 8.92. The fourth-order valence-electron chi connectivity index (χ4n) is 5.22. The summed E-state index contributed by atoms with van der Waals surface area (Å²) in [4.78, 5) is 90.7. The van der Waals surface area contributed by atoms with Crippen molar-refractivity contribution in [2.75, 3.05) is 19.6 Å². The van der Waals surface area contributed by atoms with Crippen molar-refractivity contribution in [1.29, 1.82) is 0 Å². The molecule has 3 aliphatic heterocycles. The van der Waals surface area contributed by atoms with Crippen LogP contribution >= 0.6 is 11.8 Å². The van der Waals surface area contributed by atoms with Gasteiger partial charge in [-0.25, -0.2) is 10.0 Å². The summed E-state index contributed by atoms with van der Waals surface area (Å²) in [6.07, 6.45) is 0.468. The Morgan fingerprint density at radius 3 is 2.34 bits per heavy atom. The number of rotatable bonds is 10. The van der Waals surface area contributed by atoms with E-state index < -0.39 is 57.5 Å². The minimum Gasteiger partial charge on any atom is -0.545 e. The second kappa shape index (κ2) is 11.9. The van der Waals surface area contributed by atoms with Crippen molar-refractivity contribution >= 4 is 54.2 Å². The standard InChI is InChI=1S/C24H28N6O9S.Na/c1-4-27-9-10-28(20(37)19(27)36)29(12-32)16(13-5-7-14(33)8-6-13)17(34)26-24(22(38)39)23(2,3)40-21-15(25-11-31)18(35)30(21)24;/h5-8,11-12,15-16,21,33H,4,9-10H2,1-3H3,(H,25,31)(H,26,34)(H,38,39);/q;+1/p-1/t15-,16?,21+,24-;/m0./s1. The van der Waals surface area contributed by atoms with Gasteiger partial charge >= 0.3 is 41.4 Å². The summed E-state index contributed by atoms with van der Waals surface area (Å²) >= 11 is 1.02. The number of carbonyl (C=O) groups excluding carboxylic acids is 7. The van der Waals surface area contributed by atoms with Crippen LogP contribution in [0.5, 0.6) is 5.75 Å². The number of aliphatic carboxylic acids is 1. The maximum absolute atomic E-state index is 14.0. The molecular formula is C24H27N6NaO9S. The number of carbonyl (C=O) groups is 7. The molecule has 0 aliphatic carbocycles. The molecule has 15 nitrogen and oxygen atoms in total. The maximum atomic E-state index is 14.0. The number of aromatic hydroxyl groups is 1. The van der Waals surface area contributed by atoms with E-state index in [9.17, 15) is 43.8 Å². The third kappa shape index (κ3) is 5.02.